The number of benzene rings is 1. The predicted molar refractivity (Wildman–Crippen MR) is 68.9 cm³/mol. The fourth-order valence-corrected chi connectivity index (χ4v) is 1.61. The Morgan fingerprint density at radius 2 is 2.11 bits per heavy atom. The molecule has 1 atom stereocenters. The lowest BCUT2D eigenvalue weighted by molar-refractivity contribution is -0.122. The average Bonchev–Trinajstić information content (AvgIpc) is 3.12. The first-order chi connectivity index (χ1) is 8.97. The highest BCUT2D eigenvalue weighted by molar-refractivity contribution is 5.97. The van der Waals surface area contributed by atoms with Crippen molar-refractivity contribution in [3.8, 4) is 0 Å². The maximum absolute atomic E-state index is 13.5. The largest absolute Gasteiger partial charge is 0.399 e. The lowest BCUT2D eigenvalue weighted by Crippen LogP contribution is -2.45. The van der Waals surface area contributed by atoms with Crippen LogP contribution in [-0.2, 0) is 4.79 Å². The summed E-state index contributed by atoms with van der Waals surface area (Å²) in [6.07, 6.45) is 1.94. The number of nitrogens with one attached hydrogen (secondary N) is 2. The first-order valence-corrected chi connectivity index (χ1v) is 6.13. The van der Waals surface area contributed by atoms with Gasteiger partial charge in [0.15, 0.2) is 0 Å². The first kappa shape index (κ1) is 13.3. The summed E-state index contributed by atoms with van der Waals surface area (Å²) in [6.45, 7) is 1.56. The number of halogens is 1. The minimum Gasteiger partial charge on any atom is -0.399 e. The molecule has 2 rings (SSSR count). The lowest BCUT2D eigenvalue weighted by Gasteiger charge is -2.14. The molecule has 0 saturated heterocycles. The van der Waals surface area contributed by atoms with Crippen LogP contribution in [-0.4, -0.2) is 23.9 Å². The third-order valence-electron chi connectivity index (χ3n) is 2.90. The molecule has 0 aromatic heterocycles. The van der Waals surface area contributed by atoms with Crippen molar-refractivity contribution < 1.29 is 14.0 Å². The van der Waals surface area contributed by atoms with Crippen molar-refractivity contribution in [2.75, 3.05) is 5.73 Å². The molecule has 102 valence electrons. The van der Waals surface area contributed by atoms with Gasteiger partial charge in [0.1, 0.15) is 11.9 Å². The van der Waals surface area contributed by atoms with Crippen LogP contribution in [0.5, 0.6) is 0 Å². The SMILES string of the molecule is CC(NC(=O)c1ccc(N)cc1F)C(=O)NC1CC1. The lowest BCUT2D eigenvalue weighted by atomic mass is 10.1. The molecular weight excluding hydrogens is 249 g/mol. The van der Waals surface area contributed by atoms with Gasteiger partial charge in [-0.05, 0) is 38.0 Å². The summed E-state index contributed by atoms with van der Waals surface area (Å²) in [5, 5.41) is 5.22. The molecule has 19 heavy (non-hydrogen) atoms. The van der Waals surface area contributed by atoms with Gasteiger partial charge in [-0.2, -0.15) is 0 Å². The van der Waals surface area contributed by atoms with E-state index < -0.39 is 17.8 Å². The van der Waals surface area contributed by atoms with Crippen LogP contribution in [0.25, 0.3) is 0 Å². The second-order valence-corrected chi connectivity index (χ2v) is 4.72. The van der Waals surface area contributed by atoms with Crippen LogP contribution in [0, 0.1) is 5.82 Å². The topological polar surface area (TPSA) is 84.2 Å². The Balaban J connectivity index is 1.97. The monoisotopic (exact) mass is 265 g/mol. The van der Waals surface area contributed by atoms with Gasteiger partial charge in [-0.1, -0.05) is 0 Å². The normalized spacial score (nSPS) is 15.7. The van der Waals surface area contributed by atoms with E-state index >= 15 is 0 Å². The van der Waals surface area contributed by atoms with Gasteiger partial charge in [-0.25, -0.2) is 4.39 Å². The number of nitrogens with two attached hydrogens (primary N) is 1. The number of carbonyl (C=O) groups excluding carboxylic acids is 2. The van der Waals surface area contributed by atoms with Crippen LogP contribution in [0.1, 0.15) is 30.1 Å². The van der Waals surface area contributed by atoms with E-state index in [-0.39, 0.29) is 23.2 Å². The fourth-order valence-electron chi connectivity index (χ4n) is 1.61. The summed E-state index contributed by atoms with van der Waals surface area (Å²) in [5.41, 5.74) is 5.52. The molecule has 1 aliphatic carbocycles. The van der Waals surface area contributed by atoms with Crippen LogP contribution < -0.4 is 16.4 Å². The molecule has 1 unspecified atom stereocenters. The van der Waals surface area contributed by atoms with E-state index in [0.717, 1.165) is 18.9 Å². The van der Waals surface area contributed by atoms with Crippen molar-refractivity contribution in [3.05, 3.63) is 29.6 Å². The first-order valence-electron chi connectivity index (χ1n) is 6.13. The van der Waals surface area contributed by atoms with E-state index in [9.17, 15) is 14.0 Å². The Kier molecular flexibility index (Phi) is 3.69. The minimum absolute atomic E-state index is 0.125. The van der Waals surface area contributed by atoms with Crippen molar-refractivity contribution in [1.82, 2.24) is 10.6 Å². The Morgan fingerprint density at radius 3 is 2.68 bits per heavy atom. The van der Waals surface area contributed by atoms with Gasteiger partial charge in [0.2, 0.25) is 5.91 Å². The minimum atomic E-state index is -0.704. The number of carbonyl (C=O) groups is 2. The maximum atomic E-state index is 13.5. The molecular formula is C13H16FN3O2. The van der Waals surface area contributed by atoms with Gasteiger partial charge in [0.05, 0.1) is 5.56 Å². The predicted octanol–water partition coefficient (Wildman–Crippen LogP) is 0.805. The zero-order valence-electron chi connectivity index (χ0n) is 10.6. The third kappa shape index (κ3) is 3.43. The van der Waals surface area contributed by atoms with E-state index in [1.54, 1.807) is 6.92 Å². The molecule has 5 nitrogen and oxygen atoms in total. The summed E-state index contributed by atoms with van der Waals surface area (Å²) in [5.74, 6) is -1.59. The fraction of sp³-hybridized carbons (Fsp3) is 0.385. The second-order valence-electron chi connectivity index (χ2n) is 4.72. The Morgan fingerprint density at radius 1 is 1.42 bits per heavy atom. The van der Waals surface area contributed by atoms with E-state index in [1.807, 2.05) is 0 Å². The Labute approximate surface area is 110 Å². The Hall–Kier alpha value is -2.11. The molecule has 1 aromatic carbocycles. The van der Waals surface area contributed by atoms with Crippen molar-refractivity contribution in [2.45, 2.75) is 31.8 Å². The standard InChI is InChI=1S/C13H16FN3O2/c1-7(12(18)17-9-3-4-9)16-13(19)10-5-2-8(15)6-11(10)14/h2,5-7,9H,3-4,15H2,1H3,(H,16,19)(H,17,18). The molecule has 0 spiro atoms. The number of anilines is 1. The van der Waals surface area contributed by atoms with E-state index in [1.165, 1.54) is 12.1 Å². The van der Waals surface area contributed by atoms with Gasteiger partial charge < -0.3 is 16.4 Å². The van der Waals surface area contributed by atoms with Crippen molar-refractivity contribution in [1.29, 1.82) is 0 Å². The number of amides is 2. The second kappa shape index (κ2) is 5.26. The van der Waals surface area contributed by atoms with E-state index in [0.29, 0.717) is 0 Å². The highest BCUT2D eigenvalue weighted by atomic mass is 19.1. The number of hydrogen-bond acceptors (Lipinski definition) is 3. The molecule has 0 bridgehead atoms. The van der Waals surface area contributed by atoms with Gasteiger partial charge in [-0.15, -0.1) is 0 Å². The van der Waals surface area contributed by atoms with Crippen molar-refractivity contribution in [2.24, 2.45) is 0 Å². The molecule has 0 aliphatic heterocycles. The van der Waals surface area contributed by atoms with Crippen molar-refractivity contribution in [3.63, 3.8) is 0 Å². The van der Waals surface area contributed by atoms with Gasteiger partial charge in [-0.3, -0.25) is 9.59 Å². The summed E-state index contributed by atoms with van der Waals surface area (Å²) < 4.78 is 13.5. The van der Waals surface area contributed by atoms with Crippen LogP contribution in [0.15, 0.2) is 18.2 Å². The summed E-state index contributed by atoms with van der Waals surface area (Å²) in [7, 11) is 0. The molecule has 4 N–H and O–H groups in total. The smallest absolute Gasteiger partial charge is 0.254 e. The quantitative estimate of drug-likeness (QED) is 0.704. The summed E-state index contributed by atoms with van der Waals surface area (Å²) in [4.78, 5) is 23.5. The number of rotatable bonds is 4. The molecule has 1 aliphatic rings. The van der Waals surface area contributed by atoms with Crippen LogP contribution in [0.2, 0.25) is 0 Å². The maximum Gasteiger partial charge on any atom is 0.254 e. The molecule has 1 aromatic rings. The zero-order chi connectivity index (χ0) is 14.0. The van der Waals surface area contributed by atoms with Gasteiger partial charge >= 0.3 is 0 Å². The number of hydrogen-bond donors (Lipinski definition) is 3. The molecule has 2 amide bonds. The van der Waals surface area contributed by atoms with Gasteiger partial charge in [0, 0.05) is 11.7 Å². The highest BCUT2D eigenvalue weighted by Gasteiger charge is 2.26. The summed E-state index contributed by atoms with van der Waals surface area (Å²) in [6, 6.07) is 3.33. The van der Waals surface area contributed by atoms with Gasteiger partial charge in [0.25, 0.3) is 5.91 Å². The molecule has 6 heteroatoms. The van der Waals surface area contributed by atoms with E-state index in [4.69, 9.17) is 5.73 Å². The average molecular weight is 265 g/mol. The molecule has 0 radical (unpaired) electrons. The van der Waals surface area contributed by atoms with Crippen LogP contribution in [0.3, 0.4) is 0 Å². The zero-order valence-corrected chi connectivity index (χ0v) is 10.6. The highest BCUT2D eigenvalue weighted by Crippen LogP contribution is 2.18. The van der Waals surface area contributed by atoms with E-state index in [2.05, 4.69) is 10.6 Å². The van der Waals surface area contributed by atoms with Crippen molar-refractivity contribution >= 4 is 17.5 Å². The molecule has 0 heterocycles. The van der Waals surface area contributed by atoms with Crippen LogP contribution in [0.4, 0.5) is 10.1 Å². The Bertz CT molecular complexity index is 515. The summed E-state index contributed by atoms with van der Waals surface area (Å²) >= 11 is 0. The third-order valence-corrected chi connectivity index (χ3v) is 2.90. The van der Waals surface area contributed by atoms with Crippen LogP contribution >= 0.6 is 0 Å². The molecule has 1 saturated carbocycles. The number of nitrogen functional groups attached to an aromatic ring is 1. The molecule has 1 fully saturated rings.